The van der Waals surface area contributed by atoms with Crippen LogP contribution < -0.4 is 16.4 Å². The Morgan fingerprint density at radius 1 is 0.944 bits per heavy atom. The first-order valence-corrected chi connectivity index (χ1v) is 5.76. The molecule has 0 saturated heterocycles. The van der Waals surface area contributed by atoms with Crippen LogP contribution in [0.25, 0.3) is 0 Å². The molecule has 2 aromatic carbocycles. The van der Waals surface area contributed by atoms with Gasteiger partial charge in [-0.3, -0.25) is 4.79 Å². The molecule has 0 fully saturated rings. The summed E-state index contributed by atoms with van der Waals surface area (Å²) in [6, 6.07) is 14.9. The molecule has 4 N–H and O–H groups in total. The van der Waals surface area contributed by atoms with Crippen LogP contribution in [0.4, 0.5) is 11.4 Å². The second kappa shape index (κ2) is 4.07. The molecule has 18 heavy (non-hydrogen) atoms. The van der Waals surface area contributed by atoms with Gasteiger partial charge in [0.15, 0.2) is 0 Å². The highest BCUT2D eigenvalue weighted by Crippen LogP contribution is 2.28. The first-order valence-electron chi connectivity index (χ1n) is 5.76. The first kappa shape index (κ1) is 10.7. The molecule has 4 nitrogen and oxygen atoms in total. The number of para-hydroxylation sites is 2. The van der Waals surface area contributed by atoms with E-state index in [0.29, 0.717) is 11.3 Å². The standard InChI is InChI=1S/C14H13N3O/c15-11-7-3-1-5-9(11)13-16-12-8-4-2-6-10(12)14(18)17-13/h1-8,13,16H,15H2,(H,17,18). The molecule has 1 heterocycles. The van der Waals surface area contributed by atoms with Crippen molar-refractivity contribution < 1.29 is 4.79 Å². The molecule has 0 saturated carbocycles. The highest BCUT2D eigenvalue weighted by Gasteiger charge is 2.24. The van der Waals surface area contributed by atoms with Crippen LogP contribution >= 0.6 is 0 Å². The molecule has 3 rings (SSSR count). The number of hydrogen-bond donors (Lipinski definition) is 3. The van der Waals surface area contributed by atoms with E-state index in [0.717, 1.165) is 11.3 Å². The van der Waals surface area contributed by atoms with Gasteiger partial charge in [0.05, 0.1) is 5.56 Å². The van der Waals surface area contributed by atoms with E-state index in [4.69, 9.17) is 5.73 Å². The number of hydrogen-bond acceptors (Lipinski definition) is 3. The third-order valence-corrected chi connectivity index (χ3v) is 3.05. The van der Waals surface area contributed by atoms with E-state index in [1.54, 1.807) is 6.07 Å². The predicted molar refractivity (Wildman–Crippen MR) is 71.1 cm³/mol. The number of nitrogens with one attached hydrogen (secondary N) is 2. The highest BCUT2D eigenvalue weighted by atomic mass is 16.2. The molecular weight excluding hydrogens is 226 g/mol. The molecule has 0 aliphatic carbocycles. The molecule has 1 atom stereocenters. The Morgan fingerprint density at radius 2 is 1.67 bits per heavy atom. The van der Waals surface area contributed by atoms with Gasteiger partial charge in [0.25, 0.3) is 5.91 Å². The van der Waals surface area contributed by atoms with Gasteiger partial charge < -0.3 is 16.4 Å². The number of benzene rings is 2. The number of rotatable bonds is 1. The van der Waals surface area contributed by atoms with Gasteiger partial charge in [-0.15, -0.1) is 0 Å². The highest BCUT2D eigenvalue weighted by molar-refractivity contribution is 6.01. The number of nitrogen functional groups attached to an aromatic ring is 1. The molecule has 1 amide bonds. The van der Waals surface area contributed by atoms with Gasteiger partial charge in [-0.05, 0) is 18.2 Å². The second-order valence-electron chi connectivity index (χ2n) is 4.23. The Hall–Kier alpha value is -2.49. The molecule has 1 unspecified atom stereocenters. The molecule has 90 valence electrons. The van der Waals surface area contributed by atoms with Gasteiger partial charge in [-0.2, -0.15) is 0 Å². The number of carbonyl (C=O) groups is 1. The summed E-state index contributed by atoms with van der Waals surface area (Å²) in [6.07, 6.45) is -0.284. The van der Waals surface area contributed by atoms with Crippen molar-refractivity contribution in [3.05, 3.63) is 59.7 Å². The molecule has 0 radical (unpaired) electrons. The van der Waals surface area contributed by atoms with E-state index in [1.807, 2.05) is 42.5 Å². The quantitative estimate of drug-likeness (QED) is 0.668. The number of carbonyl (C=O) groups excluding carboxylic acids is 1. The van der Waals surface area contributed by atoms with Crippen LogP contribution in [0.2, 0.25) is 0 Å². The molecule has 0 spiro atoms. The van der Waals surface area contributed by atoms with Crippen molar-refractivity contribution in [3.8, 4) is 0 Å². The summed E-state index contributed by atoms with van der Waals surface area (Å²) in [7, 11) is 0. The van der Waals surface area contributed by atoms with Crippen molar-refractivity contribution in [2.24, 2.45) is 0 Å². The average Bonchev–Trinajstić information content (AvgIpc) is 2.39. The van der Waals surface area contributed by atoms with Crippen molar-refractivity contribution in [3.63, 3.8) is 0 Å². The lowest BCUT2D eigenvalue weighted by Gasteiger charge is -2.28. The molecule has 0 bridgehead atoms. The zero-order valence-corrected chi connectivity index (χ0v) is 9.68. The first-order chi connectivity index (χ1) is 8.75. The minimum absolute atomic E-state index is 0.0856. The minimum atomic E-state index is -0.284. The summed E-state index contributed by atoms with van der Waals surface area (Å²) in [6.45, 7) is 0. The molecule has 1 aliphatic heterocycles. The van der Waals surface area contributed by atoms with Crippen LogP contribution in [-0.2, 0) is 0 Å². The summed E-state index contributed by atoms with van der Waals surface area (Å²) < 4.78 is 0. The van der Waals surface area contributed by atoms with Crippen molar-refractivity contribution in [1.29, 1.82) is 0 Å². The average molecular weight is 239 g/mol. The number of anilines is 2. The Balaban J connectivity index is 2.00. The Labute approximate surface area is 105 Å². The van der Waals surface area contributed by atoms with Gasteiger partial charge in [0.2, 0.25) is 0 Å². The summed E-state index contributed by atoms with van der Waals surface area (Å²) in [5, 5.41) is 6.17. The fourth-order valence-corrected chi connectivity index (χ4v) is 2.14. The summed E-state index contributed by atoms with van der Waals surface area (Å²) in [5.74, 6) is -0.0856. The second-order valence-corrected chi connectivity index (χ2v) is 4.23. The van der Waals surface area contributed by atoms with Crippen molar-refractivity contribution in [2.75, 3.05) is 11.1 Å². The maximum atomic E-state index is 12.0. The van der Waals surface area contributed by atoms with Gasteiger partial charge in [-0.25, -0.2) is 0 Å². The fourth-order valence-electron chi connectivity index (χ4n) is 2.14. The van der Waals surface area contributed by atoms with Gasteiger partial charge >= 0.3 is 0 Å². The smallest absolute Gasteiger partial charge is 0.255 e. The monoisotopic (exact) mass is 239 g/mol. The Kier molecular flexibility index (Phi) is 2.41. The summed E-state index contributed by atoms with van der Waals surface area (Å²) in [4.78, 5) is 12.0. The number of nitrogens with two attached hydrogens (primary N) is 1. The zero-order chi connectivity index (χ0) is 12.5. The van der Waals surface area contributed by atoms with Crippen molar-refractivity contribution in [1.82, 2.24) is 5.32 Å². The normalized spacial score (nSPS) is 17.6. The SMILES string of the molecule is Nc1ccccc1C1NC(=O)c2ccccc2N1. The van der Waals surface area contributed by atoms with Crippen LogP contribution in [0.15, 0.2) is 48.5 Å². The third kappa shape index (κ3) is 1.68. The van der Waals surface area contributed by atoms with Crippen LogP contribution in [0, 0.1) is 0 Å². The van der Waals surface area contributed by atoms with E-state index in [9.17, 15) is 4.79 Å². The van der Waals surface area contributed by atoms with Gasteiger partial charge in [0.1, 0.15) is 6.17 Å². The van der Waals surface area contributed by atoms with Gasteiger partial charge in [0, 0.05) is 16.9 Å². The van der Waals surface area contributed by atoms with E-state index in [-0.39, 0.29) is 12.1 Å². The minimum Gasteiger partial charge on any atom is -0.398 e. The number of amides is 1. The summed E-state index contributed by atoms with van der Waals surface area (Å²) in [5.41, 5.74) is 8.95. The van der Waals surface area contributed by atoms with E-state index < -0.39 is 0 Å². The van der Waals surface area contributed by atoms with Crippen LogP contribution in [0.5, 0.6) is 0 Å². The molecular formula is C14H13N3O. The molecule has 0 aromatic heterocycles. The lowest BCUT2D eigenvalue weighted by Crippen LogP contribution is -2.38. The van der Waals surface area contributed by atoms with Crippen LogP contribution in [-0.4, -0.2) is 5.91 Å². The fraction of sp³-hybridized carbons (Fsp3) is 0.0714. The topological polar surface area (TPSA) is 67.1 Å². The largest absolute Gasteiger partial charge is 0.398 e. The predicted octanol–water partition coefficient (Wildman–Crippen LogP) is 2.12. The Morgan fingerprint density at radius 3 is 2.50 bits per heavy atom. The maximum absolute atomic E-state index is 12.0. The Bertz CT molecular complexity index is 609. The third-order valence-electron chi connectivity index (χ3n) is 3.05. The molecule has 1 aliphatic rings. The van der Waals surface area contributed by atoms with Crippen LogP contribution in [0.1, 0.15) is 22.1 Å². The van der Waals surface area contributed by atoms with Crippen molar-refractivity contribution >= 4 is 17.3 Å². The van der Waals surface area contributed by atoms with E-state index in [2.05, 4.69) is 10.6 Å². The lowest BCUT2D eigenvalue weighted by atomic mass is 10.0. The zero-order valence-electron chi connectivity index (χ0n) is 9.68. The van der Waals surface area contributed by atoms with Gasteiger partial charge in [-0.1, -0.05) is 30.3 Å². The van der Waals surface area contributed by atoms with E-state index >= 15 is 0 Å². The van der Waals surface area contributed by atoms with Crippen molar-refractivity contribution in [2.45, 2.75) is 6.17 Å². The van der Waals surface area contributed by atoms with E-state index in [1.165, 1.54) is 0 Å². The lowest BCUT2D eigenvalue weighted by molar-refractivity contribution is 0.0936. The van der Waals surface area contributed by atoms with Crippen LogP contribution in [0.3, 0.4) is 0 Å². The maximum Gasteiger partial charge on any atom is 0.255 e. The number of fused-ring (bicyclic) bond motifs is 1. The summed E-state index contributed by atoms with van der Waals surface area (Å²) >= 11 is 0. The molecule has 4 heteroatoms. The molecule has 2 aromatic rings.